The Balaban J connectivity index is 1.24. The molecule has 0 spiro atoms. The molecule has 0 unspecified atom stereocenters. The quantitative estimate of drug-likeness (QED) is 0.120. The lowest BCUT2D eigenvalue weighted by atomic mass is 9.81. The number of carbonyl (C=O) groups is 1. The molecule has 0 atom stereocenters. The predicted molar refractivity (Wildman–Crippen MR) is 187 cm³/mol. The Morgan fingerprint density at radius 3 is 2.30 bits per heavy atom. The second-order valence-corrected chi connectivity index (χ2v) is 12.9. The fraction of sp³-hybridized carbons (Fsp3) is 0.487. The van der Waals surface area contributed by atoms with Crippen molar-refractivity contribution in [3.63, 3.8) is 0 Å². The van der Waals surface area contributed by atoms with E-state index in [1.165, 1.54) is 33.9 Å². The summed E-state index contributed by atoms with van der Waals surface area (Å²) < 4.78 is 18.4. The third kappa shape index (κ3) is 8.55. The molecule has 0 radical (unpaired) electrons. The Morgan fingerprint density at radius 2 is 1.57 bits per heavy atom. The summed E-state index contributed by atoms with van der Waals surface area (Å²) in [6.07, 6.45) is 15.3. The molecule has 7 nitrogen and oxygen atoms in total. The number of terminal acetylenes is 1. The van der Waals surface area contributed by atoms with Crippen LogP contribution in [0.5, 0.6) is 0 Å². The zero-order valence-corrected chi connectivity index (χ0v) is 28.4. The normalized spacial score (nSPS) is 17.0. The number of unbranched alkanes of at least 4 members (excludes halogenated alkanes) is 2. The van der Waals surface area contributed by atoms with Crippen molar-refractivity contribution in [2.24, 2.45) is 0 Å². The highest BCUT2D eigenvalue weighted by molar-refractivity contribution is 6.03. The first-order chi connectivity index (χ1) is 22.2. The SMILES string of the molecule is C#CCOCCOCCOCCNC(=O)CCCCCN1/C(=C\C=C\C2=[N+](C)c3ccccc3C2(C)C)C(C)(C)c2ccccc21. The number of rotatable bonds is 18. The molecular weight excluding hydrogens is 574 g/mol. The van der Waals surface area contributed by atoms with Gasteiger partial charge in [-0.2, -0.15) is 4.58 Å². The number of ether oxygens (including phenoxy) is 3. The minimum absolute atomic E-state index is 0.0543. The molecule has 0 aromatic heterocycles. The molecule has 1 amide bonds. The zero-order valence-electron chi connectivity index (χ0n) is 28.4. The molecule has 4 rings (SSSR count). The van der Waals surface area contributed by atoms with E-state index in [1.807, 2.05) is 0 Å². The summed E-state index contributed by atoms with van der Waals surface area (Å²) in [5.41, 5.74) is 7.73. The Kier molecular flexibility index (Phi) is 12.8. The molecule has 0 saturated carbocycles. The summed E-state index contributed by atoms with van der Waals surface area (Å²) in [6.45, 7) is 13.4. The summed E-state index contributed by atoms with van der Waals surface area (Å²) in [5, 5.41) is 2.96. The lowest BCUT2D eigenvalue weighted by Crippen LogP contribution is -2.28. The molecular formula is C39H52N3O4+. The van der Waals surface area contributed by atoms with E-state index in [2.05, 4.69) is 122 Å². The number of nitrogens with zero attached hydrogens (tertiary/aromatic N) is 2. The molecule has 2 aromatic rings. The zero-order chi connectivity index (χ0) is 33.0. The molecule has 0 aliphatic carbocycles. The van der Waals surface area contributed by atoms with Crippen LogP contribution in [0.15, 0.2) is 72.5 Å². The van der Waals surface area contributed by atoms with E-state index in [9.17, 15) is 4.79 Å². The van der Waals surface area contributed by atoms with Gasteiger partial charge in [-0.1, -0.05) is 68.7 Å². The lowest BCUT2D eigenvalue weighted by Gasteiger charge is -2.27. The summed E-state index contributed by atoms with van der Waals surface area (Å²) in [4.78, 5) is 14.8. The van der Waals surface area contributed by atoms with Crippen LogP contribution in [0.4, 0.5) is 11.4 Å². The van der Waals surface area contributed by atoms with E-state index in [-0.39, 0.29) is 16.7 Å². The van der Waals surface area contributed by atoms with Gasteiger partial charge in [0, 0.05) is 54.0 Å². The average molecular weight is 627 g/mol. The molecule has 1 N–H and O–H groups in total. The molecule has 0 bridgehead atoms. The molecule has 2 aromatic carbocycles. The number of benzene rings is 2. The number of hydrogen-bond donors (Lipinski definition) is 1. The van der Waals surface area contributed by atoms with Crippen molar-refractivity contribution in [2.45, 2.75) is 64.2 Å². The standard InChI is InChI=1S/C39H51N3O4/c1-7-25-44-27-29-46-30-28-45-26-23-40-37(43)22-9-8-14-24-42-34-19-13-11-17-32(34)39(4,5)36(42)21-15-20-35-38(2,3)31-16-10-12-18-33(31)41(35)6/h1,10-13,15-21H,8-9,14,22-30H2,2-6H3/p+1. The largest absolute Gasteiger partial charge is 0.377 e. The second-order valence-electron chi connectivity index (χ2n) is 12.9. The van der Waals surface area contributed by atoms with Crippen molar-refractivity contribution in [3.8, 4) is 12.3 Å². The highest BCUT2D eigenvalue weighted by Crippen LogP contribution is 2.47. The van der Waals surface area contributed by atoms with Gasteiger partial charge >= 0.3 is 0 Å². The van der Waals surface area contributed by atoms with Crippen LogP contribution in [-0.4, -0.2) is 76.0 Å². The number of carbonyl (C=O) groups excluding carboxylic acids is 1. The van der Waals surface area contributed by atoms with Crippen molar-refractivity contribution in [2.75, 3.05) is 64.7 Å². The van der Waals surface area contributed by atoms with Crippen LogP contribution in [0.1, 0.15) is 64.5 Å². The minimum Gasteiger partial charge on any atom is -0.377 e. The fourth-order valence-electron chi connectivity index (χ4n) is 6.57. The molecule has 7 heteroatoms. The van der Waals surface area contributed by atoms with Crippen molar-refractivity contribution in [1.29, 1.82) is 0 Å². The van der Waals surface area contributed by atoms with Crippen LogP contribution in [-0.2, 0) is 29.8 Å². The highest BCUT2D eigenvalue weighted by Gasteiger charge is 2.43. The topological polar surface area (TPSA) is 63.0 Å². The van der Waals surface area contributed by atoms with Gasteiger partial charge in [-0.05, 0) is 44.4 Å². The Labute approximate surface area is 276 Å². The van der Waals surface area contributed by atoms with E-state index in [0.717, 1.165) is 25.8 Å². The number of nitrogens with one attached hydrogen (secondary N) is 1. The van der Waals surface area contributed by atoms with E-state index in [4.69, 9.17) is 20.6 Å². The van der Waals surface area contributed by atoms with Crippen LogP contribution in [0.2, 0.25) is 0 Å². The maximum Gasteiger partial charge on any atom is 0.220 e. The first kappa shape index (κ1) is 35.2. The summed E-state index contributed by atoms with van der Waals surface area (Å²) in [5.74, 6) is 2.49. The maximum atomic E-state index is 12.3. The van der Waals surface area contributed by atoms with Gasteiger partial charge in [0.05, 0.1) is 38.4 Å². The van der Waals surface area contributed by atoms with Gasteiger partial charge in [0.25, 0.3) is 0 Å². The number of hydrogen-bond acceptors (Lipinski definition) is 5. The third-order valence-corrected chi connectivity index (χ3v) is 9.03. The number of para-hydroxylation sites is 2. The van der Waals surface area contributed by atoms with Crippen molar-refractivity contribution in [1.82, 2.24) is 5.32 Å². The molecule has 2 aliphatic heterocycles. The monoisotopic (exact) mass is 626 g/mol. The van der Waals surface area contributed by atoms with Gasteiger partial charge in [0.2, 0.25) is 11.6 Å². The number of anilines is 1. The van der Waals surface area contributed by atoms with Crippen molar-refractivity contribution in [3.05, 3.63) is 83.6 Å². The van der Waals surface area contributed by atoms with Crippen LogP contribution < -0.4 is 10.2 Å². The van der Waals surface area contributed by atoms with E-state index >= 15 is 0 Å². The number of amides is 1. The second kappa shape index (κ2) is 16.7. The molecule has 246 valence electrons. The predicted octanol–water partition coefficient (Wildman–Crippen LogP) is 6.29. The van der Waals surface area contributed by atoms with Crippen molar-refractivity contribution < 1.29 is 23.6 Å². The number of fused-ring (bicyclic) bond motifs is 2. The minimum atomic E-state index is -0.101. The van der Waals surface area contributed by atoms with Crippen molar-refractivity contribution >= 4 is 23.0 Å². The fourth-order valence-corrected chi connectivity index (χ4v) is 6.57. The smallest absolute Gasteiger partial charge is 0.220 e. The summed E-state index contributed by atoms with van der Waals surface area (Å²) in [7, 11) is 2.16. The molecule has 0 fully saturated rings. The molecule has 46 heavy (non-hydrogen) atoms. The molecule has 0 saturated heterocycles. The highest BCUT2D eigenvalue weighted by atomic mass is 16.5. The van der Waals surface area contributed by atoms with E-state index in [0.29, 0.717) is 52.6 Å². The number of allylic oxidation sites excluding steroid dienone is 4. The first-order valence-corrected chi connectivity index (χ1v) is 16.6. The van der Waals surface area contributed by atoms with Gasteiger partial charge in [0.15, 0.2) is 5.71 Å². The van der Waals surface area contributed by atoms with Crippen LogP contribution >= 0.6 is 0 Å². The van der Waals surface area contributed by atoms with Gasteiger partial charge < -0.3 is 24.4 Å². The molecule has 2 aliphatic rings. The average Bonchev–Trinajstić information content (AvgIpc) is 3.38. The van der Waals surface area contributed by atoms with Gasteiger partial charge in [-0.3, -0.25) is 4.79 Å². The Bertz CT molecular complexity index is 1460. The maximum absolute atomic E-state index is 12.3. The van der Waals surface area contributed by atoms with E-state index < -0.39 is 0 Å². The lowest BCUT2D eigenvalue weighted by molar-refractivity contribution is -0.401. The van der Waals surface area contributed by atoms with E-state index in [1.54, 1.807) is 0 Å². The van der Waals surface area contributed by atoms with Gasteiger partial charge in [0.1, 0.15) is 13.7 Å². The van der Waals surface area contributed by atoms with Gasteiger partial charge in [-0.25, -0.2) is 0 Å². The van der Waals surface area contributed by atoms with Crippen LogP contribution in [0.3, 0.4) is 0 Å². The molecule has 2 heterocycles. The first-order valence-electron chi connectivity index (χ1n) is 16.6. The summed E-state index contributed by atoms with van der Waals surface area (Å²) in [6, 6.07) is 17.4. The summed E-state index contributed by atoms with van der Waals surface area (Å²) >= 11 is 0. The Hall–Kier alpha value is -3.70. The Morgan fingerprint density at radius 1 is 0.891 bits per heavy atom. The third-order valence-electron chi connectivity index (χ3n) is 9.03. The van der Waals surface area contributed by atoms with Gasteiger partial charge in [-0.15, -0.1) is 6.42 Å². The van der Waals surface area contributed by atoms with Crippen LogP contribution in [0, 0.1) is 12.3 Å². The van der Waals surface area contributed by atoms with Crippen LogP contribution in [0.25, 0.3) is 0 Å².